The Morgan fingerprint density at radius 2 is 2.22 bits per heavy atom. The molecular formula is C13H17NO3S. The van der Waals surface area contributed by atoms with E-state index >= 15 is 0 Å². The van der Waals surface area contributed by atoms with E-state index in [1.54, 1.807) is 6.20 Å². The number of rotatable bonds is 3. The van der Waals surface area contributed by atoms with E-state index in [2.05, 4.69) is 4.98 Å². The molecule has 18 heavy (non-hydrogen) atoms. The molecule has 0 radical (unpaired) electrons. The first-order valence-electron chi connectivity index (χ1n) is 6.07. The number of hydrogen-bond acceptors (Lipinski definition) is 4. The van der Waals surface area contributed by atoms with Crippen LogP contribution in [0.1, 0.15) is 36.9 Å². The molecule has 1 heterocycles. The summed E-state index contributed by atoms with van der Waals surface area (Å²) in [7, 11) is -3.33. The second-order valence-electron chi connectivity index (χ2n) is 4.87. The molecule has 0 aromatic carbocycles. The van der Waals surface area contributed by atoms with E-state index in [4.69, 9.17) is 0 Å². The summed E-state index contributed by atoms with van der Waals surface area (Å²) in [5, 5.41) is -0.949. The number of nitrogens with zero attached hydrogens (tertiary/aromatic N) is 1. The van der Waals surface area contributed by atoms with Crippen LogP contribution in [-0.2, 0) is 21.1 Å². The maximum absolute atomic E-state index is 12.3. The van der Waals surface area contributed by atoms with Gasteiger partial charge in [-0.05, 0) is 37.8 Å². The van der Waals surface area contributed by atoms with E-state index in [0.29, 0.717) is 6.42 Å². The van der Waals surface area contributed by atoms with Crippen LogP contribution < -0.4 is 0 Å². The largest absolute Gasteiger partial charge is 0.298 e. The minimum absolute atomic E-state index is 0.225. The molecular weight excluding hydrogens is 250 g/mol. The van der Waals surface area contributed by atoms with Crippen LogP contribution in [0.2, 0.25) is 0 Å². The van der Waals surface area contributed by atoms with Crippen molar-refractivity contribution >= 4 is 15.6 Å². The van der Waals surface area contributed by atoms with Crippen molar-refractivity contribution in [3.63, 3.8) is 0 Å². The maximum atomic E-state index is 12.3. The van der Waals surface area contributed by atoms with E-state index in [-0.39, 0.29) is 11.7 Å². The number of fused-ring (bicyclic) bond motifs is 1. The lowest BCUT2D eigenvalue weighted by molar-refractivity contribution is -0.120. The van der Waals surface area contributed by atoms with Crippen molar-refractivity contribution in [2.75, 3.05) is 6.26 Å². The first-order valence-corrected chi connectivity index (χ1v) is 8.03. The summed E-state index contributed by atoms with van der Waals surface area (Å²) in [4.78, 5) is 16.6. The van der Waals surface area contributed by atoms with Gasteiger partial charge in [-0.1, -0.05) is 6.07 Å². The van der Waals surface area contributed by atoms with Gasteiger partial charge in [-0.3, -0.25) is 9.78 Å². The van der Waals surface area contributed by atoms with Crippen LogP contribution in [0.3, 0.4) is 0 Å². The lowest BCUT2D eigenvalue weighted by Gasteiger charge is -2.24. The lowest BCUT2D eigenvalue weighted by Crippen LogP contribution is -2.33. The summed E-state index contributed by atoms with van der Waals surface area (Å²) >= 11 is 0. The third-order valence-corrected chi connectivity index (χ3v) is 5.10. The van der Waals surface area contributed by atoms with Crippen molar-refractivity contribution in [3.8, 4) is 0 Å². The van der Waals surface area contributed by atoms with Crippen LogP contribution >= 0.6 is 0 Å². The van der Waals surface area contributed by atoms with Gasteiger partial charge in [0, 0.05) is 12.5 Å². The number of carbonyl (C=O) groups is 1. The number of carbonyl (C=O) groups excluding carboxylic acids is 1. The summed E-state index contributed by atoms with van der Waals surface area (Å²) in [6.07, 6.45) is 5.29. The zero-order chi connectivity index (χ0) is 13.3. The molecule has 2 rings (SSSR count). The van der Waals surface area contributed by atoms with Gasteiger partial charge in [-0.15, -0.1) is 0 Å². The van der Waals surface area contributed by atoms with Crippen molar-refractivity contribution in [1.29, 1.82) is 0 Å². The molecule has 1 aromatic heterocycles. The zero-order valence-electron chi connectivity index (χ0n) is 10.6. The Morgan fingerprint density at radius 1 is 1.50 bits per heavy atom. The molecule has 0 saturated carbocycles. The molecule has 0 saturated heterocycles. The number of aryl methyl sites for hydroxylation is 1. The fourth-order valence-electron chi connectivity index (χ4n) is 2.38. The fourth-order valence-corrected chi connectivity index (χ4v) is 2.97. The summed E-state index contributed by atoms with van der Waals surface area (Å²) in [6.45, 7) is 1.47. The Hall–Kier alpha value is -1.23. The zero-order valence-corrected chi connectivity index (χ0v) is 11.4. The molecule has 1 aliphatic rings. The molecule has 2 unspecified atom stereocenters. The first-order chi connectivity index (χ1) is 8.41. The van der Waals surface area contributed by atoms with Crippen LogP contribution in [0.4, 0.5) is 0 Å². The molecule has 0 N–H and O–H groups in total. The number of aromatic nitrogens is 1. The molecule has 0 spiro atoms. The van der Waals surface area contributed by atoms with E-state index in [0.717, 1.165) is 30.4 Å². The van der Waals surface area contributed by atoms with Crippen molar-refractivity contribution in [2.45, 2.75) is 37.4 Å². The number of sulfone groups is 1. The van der Waals surface area contributed by atoms with Gasteiger partial charge in [-0.2, -0.15) is 0 Å². The second kappa shape index (κ2) is 4.80. The van der Waals surface area contributed by atoms with Crippen molar-refractivity contribution in [1.82, 2.24) is 4.98 Å². The van der Waals surface area contributed by atoms with Crippen LogP contribution in [0.5, 0.6) is 0 Å². The molecule has 4 nitrogen and oxygen atoms in total. The van der Waals surface area contributed by atoms with E-state index in [1.165, 1.54) is 6.92 Å². The van der Waals surface area contributed by atoms with E-state index in [1.807, 2.05) is 12.1 Å². The molecule has 0 fully saturated rings. The van der Waals surface area contributed by atoms with Gasteiger partial charge in [0.25, 0.3) is 0 Å². The normalized spacial score (nSPS) is 21.1. The molecule has 2 atom stereocenters. The molecule has 0 amide bonds. The summed E-state index contributed by atoms with van der Waals surface area (Å²) < 4.78 is 23.0. The number of pyridine rings is 1. The summed E-state index contributed by atoms with van der Waals surface area (Å²) in [6, 6.07) is 3.82. The standard InChI is InChI=1S/C13H17NO3S/c1-9(18(2,16)17)13(15)11-7-3-5-10-6-4-8-14-12(10)11/h4,6,8-9,11H,3,5,7H2,1-2H3. The highest BCUT2D eigenvalue weighted by Crippen LogP contribution is 2.32. The van der Waals surface area contributed by atoms with Gasteiger partial charge < -0.3 is 0 Å². The first kappa shape index (κ1) is 13.2. The number of ketones is 1. The topological polar surface area (TPSA) is 64.1 Å². The predicted molar refractivity (Wildman–Crippen MR) is 69.2 cm³/mol. The SMILES string of the molecule is CC(C(=O)C1CCCc2cccnc21)S(C)(=O)=O. The minimum atomic E-state index is -3.33. The average Bonchev–Trinajstić information content (AvgIpc) is 2.35. The quantitative estimate of drug-likeness (QED) is 0.832. The van der Waals surface area contributed by atoms with Gasteiger partial charge in [0.2, 0.25) is 0 Å². The average molecular weight is 267 g/mol. The monoisotopic (exact) mass is 267 g/mol. The summed E-state index contributed by atoms with van der Waals surface area (Å²) in [5.74, 6) is -0.586. The maximum Gasteiger partial charge on any atom is 0.159 e. The Bertz CT molecular complexity index is 565. The molecule has 0 bridgehead atoms. The van der Waals surface area contributed by atoms with Gasteiger partial charge in [0.1, 0.15) is 5.25 Å². The van der Waals surface area contributed by atoms with E-state index in [9.17, 15) is 13.2 Å². The van der Waals surface area contributed by atoms with Crippen LogP contribution in [0, 0.1) is 0 Å². The Morgan fingerprint density at radius 3 is 2.89 bits per heavy atom. The van der Waals surface area contributed by atoms with Crippen LogP contribution in [0.15, 0.2) is 18.3 Å². The van der Waals surface area contributed by atoms with E-state index < -0.39 is 15.1 Å². The van der Waals surface area contributed by atoms with Crippen molar-refractivity contribution in [2.24, 2.45) is 0 Å². The second-order valence-corrected chi connectivity index (χ2v) is 7.23. The fraction of sp³-hybridized carbons (Fsp3) is 0.538. The lowest BCUT2D eigenvalue weighted by atomic mass is 9.83. The highest BCUT2D eigenvalue weighted by molar-refractivity contribution is 7.92. The molecule has 1 aromatic rings. The van der Waals surface area contributed by atoms with Crippen LogP contribution in [-0.4, -0.2) is 30.7 Å². The highest BCUT2D eigenvalue weighted by atomic mass is 32.2. The van der Waals surface area contributed by atoms with Crippen LogP contribution in [0.25, 0.3) is 0 Å². The molecule has 98 valence electrons. The summed E-state index contributed by atoms with van der Waals surface area (Å²) in [5.41, 5.74) is 1.84. The third-order valence-electron chi connectivity index (χ3n) is 3.58. The Balaban J connectivity index is 2.34. The molecule has 0 aliphatic heterocycles. The van der Waals surface area contributed by atoms with Gasteiger partial charge in [-0.25, -0.2) is 8.42 Å². The van der Waals surface area contributed by atoms with Crippen molar-refractivity contribution in [3.05, 3.63) is 29.6 Å². The molecule has 1 aliphatic carbocycles. The van der Waals surface area contributed by atoms with Gasteiger partial charge in [0.05, 0.1) is 11.6 Å². The molecule has 5 heteroatoms. The Kier molecular flexibility index (Phi) is 3.52. The Labute approximate surface area is 107 Å². The van der Waals surface area contributed by atoms with Gasteiger partial charge >= 0.3 is 0 Å². The highest BCUT2D eigenvalue weighted by Gasteiger charge is 2.34. The van der Waals surface area contributed by atoms with Crippen molar-refractivity contribution < 1.29 is 13.2 Å². The minimum Gasteiger partial charge on any atom is -0.298 e. The third kappa shape index (κ3) is 2.46. The number of Topliss-reactive ketones (excluding diaryl/α,β-unsaturated/α-hetero) is 1. The smallest absolute Gasteiger partial charge is 0.159 e. The number of hydrogen-bond donors (Lipinski definition) is 0. The predicted octanol–water partition coefficient (Wildman–Crippen LogP) is 1.50. The van der Waals surface area contributed by atoms with Gasteiger partial charge in [0.15, 0.2) is 15.6 Å².